The van der Waals surface area contributed by atoms with Gasteiger partial charge in [-0.3, -0.25) is 14.9 Å². The van der Waals surface area contributed by atoms with Crippen molar-refractivity contribution in [1.82, 2.24) is 25.8 Å². The second kappa shape index (κ2) is 6.65. The first-order valence-corrected chi connectivity index (χ1v) is 6.15. The molecule has 1 amide bonds. The summed E-state index contributed by atoms with van der Waals surface area (Å²) in [7, 11) is 0. The fourth-order valence-electron chi connectivity index (χ4n) is 1.76. The van der Waals surface area contributed by atoms with Crippen molar-refractivity contribution in [2.24, 2.45) is 0 Å². The monoisotopic (exact) mass is 259 g/mol. The molecule has 100 valence electrons. The molecule has 2 aromatic heterocycles. The number of hydrogen-bond donors (Lipinski definition) is 3. The maximum atomic E-state index is 10.7. The summed E-state index contributed by atoms with van der Waals surface area (Å²) in [6, 6.07) is 3.88. The van der Waals surface area contributed by atoms with Gasteiger partial charge >= 0.3 is 0 Å². The normalized spacial score (nSPS) is 10.4. The number of hydrogen-bond acceptors (Lipinski definition) is 4. The lowest BCUT2D eigenvalue weighted by molar-refractivity contribution is -0.118. The highest BCUT2D eigenvalue weighted by atomic mass is 16.1. The third-order valence-corrected chi connectivity index (χ3v) is 2.66. The molecule has 0 saturated heterocycles. The lowest BCUT2D eigenvalue weighted by atomic mass is 10.1. The molecule has 6 heteroatoms. The van der Waals surface area contributed by atoms with Crippen LogP contribution in [0.4, 0.5) is 0 Å². The Bertz CT molecular complexity index is 523. The Morgan fingerprint density at radius 3 is 3.00 bits per heavy atom. The van der Waals surface area contributed by atoms with Crippen LogP contribution < -0.4 is 10.6 Å². The number of H-pyrrole nitrogens is 1. The van der Waals surface area contributed by atoms with Crippen molar-refractivity contribution in [3.05, 3.63) is 36.3 Å². The van der Waals surface area contributed by atoms with E-state index in [0.717, 1.165) is 23.4 Å². The smallest absolute Gasteiger partial charge is 0.216 e. The fourth-order valence-corrected chi connectivity index (χ4v) is 1.76. The van der Waals surface area contributed by atoms with Crippen molar-refractivity contribution in [2.75, 3.05) is 13.1 Å². The Morgan fingerprint density at radius 2 is 2.26 bits per heavy atom. The summed E-state index contributed by atoms with van der Waals surface area (Å²) < 4.78 is 0. The summed E-state index contributed by atoms with van der Waals surface area (Å²) in [6.45, 7) is 3.55. The minimum atomic E-state index is -0.0128. The molecule has 0 fully saturated rings. The lowest BCUT2D eigenvalue weighted by Crippen LogP contribution is -2.29. The van der Waals surface area contributed by atoms with Gasteiger partial charge in [0.05, 0.1) is 11.9 Å². The summed E-state index contributed by atoms with van der Waals surface area (Å²) in [5.74, 6) is -0.0128. The molecule has 3 N–H and O–H groups in total. The number of rotatable bonds is 6. The zero-order valence-electron chi connectivity index (χ0n) is 10.8. The highest BCUT2D eigenvalue weighted by molar-refractivity contribution is 5.72. The lowest BCUT2D eigenvalue weighted by Gasteiger charge is -2.06. The third kappa shape index (κ3) is 3.89. The van der Waals surface area contributed by atoms with E-state index in [-0.39, 0.29) is 5.91 Å². The van der Waals surface area contributed by atoms with Crippen LogP contribution in [0.25, 0.3) is 11.3 Å². The molecular weight excluding hydrogens is 242 g/mol. The molecule has 2 heterocycles. The first kappa shape index (κ1) is 13.2. The molecule has 6 nitrogen and oxygen atoms in total. The summed E-state index contributed by atoms with van der Waals surface area (Å²) in [6.07, 6.45) is 5.34. The van der Waals surface area contributed by atoms with Gasteiger partial charge in [0.1, 0.15) is 0 Å². The number of aromatic nitrogens is 3. The van der Waals surface area contributed by atoms with Gasteiger partial charge in [-0.1, -0.05) is 0 Å². The standard InChI is InChI=1S/C13H17N5O/c1-10(19)16-6-5-15-8-12-9-17-18-13(12)11-3-2-4-14-7-11/h2-4,7,9,15H,5-6,8H2,1H3,(H,16,19)(H,17,18). The van der Waals surface area contributed by atoms with Crippen molar-refractivity contribution < 1.29 is 4.79 Å². The molecule has 0 bridgehead atoms. The maximum absolute atomic E-state index is 10.7. The Morgan fingerprint density at radius 1 is 1.37 bits per heavy atom. The highest BCUT2D eigenvalue weighted by Gasteiger charge is 2.06. The van der Waals surface area contributed by atoms with Gasteiger partial charge in [0.2, 0.25) is 5.91 Å². The molecule has 0 aliphatic rings. The van der Waals surface area contributed by atoms with Crippen molar-refractivity contribution in [1.29, 1.82) is 0 Å². The van der Waals surface area contributed by atoms with E-state index in [2.05, 4.69) is 25.8 Å². The predicted octanol–water partition coefficient (Wildman–Crippen LogP) is 0.697. The van der Waals surface area contributed by atoms with E-state index in [1.807, 2.05) is 12.1 Å². The minimum Gasteiger partial charge on any atom is -0.355 e. The van der Waals surface area contributed by atoms with E-state index < -0.39 is 0 Å². The summed E-state index contributed by atoms with van der Waals surface area (Å²) in [5.41, 5.74) is 3.06. The van der Waals surface area contributed by atoms with Crippen molar-refractivity contribution in [3.63, 3.8) is 0 Å². The van der Waals surface area contributed by atoms with Gasteiger partial charge in [-0.2, -0.15) is 5.10 Å². The number of carbonyl (C=O) groups is 1. The van der Waals surface area contributed by atoms with Gasteiger partial charge in [0.15, 0.2) is 0 Å². The quantitative estimate of drug-likeness (QED) is 0.667. The van der Waals surface area contributed by atoms with Gasteiger partial charge in [0, 0.05) is 50.1 Å². The van der Waals surface area contributed by atoms with Crippen molar-refractivity contribution in [2.45, 2.75) is 13.5 Å². The largest absolute Gasteiger partial charge is 0.355 e. The molecule has 0 unspecified atom stereocenters. The second-order valence-corrected chi connectivity index (χ2v) is 4.17. The highest BCUT2D eigenvalue weighted by Crippen LogP contribution is 2.19. The molecule has 0 aliphatic heterocycles. The number of amides is 1. The molecule has 0 atom stereocenters. The van der Waals surface area contributed by atoms with Gasteiger partial charge in [-0.15, -0.1) is 0 Å². The van der Waals surface area contributed by atoms with Crippen molar-refractivity contribution in [3.8, 4) is 11.3 Å². The Labute approximate surface area is 111 Å². The second-order valence-electron chi connectivity index (χ2n) is 4.17. The molecule has 0 aromatic carbocycles. The molecule has 0 aliphatic carbocycles. The molecule has 2 aromatic rings. The average Bonchev–Trinajstić information content (AvgIpc) is 2.87. The van der Waals surface area contributed by atoms with Crippen LogP contribution >= 0.6 is 0 Å². The first-order valence-electron chi connectivity index (χ1n) is 6.15. The van der Waals surface area contributed by atoms with Gasteiger partial charge in [-0.25, -0.2) is 0 Å². The van der Waals surface area contributed by atoms with E-state index >= 15 is 0 Å². The molecule has 0 spiro atoms. The Hall–Kier alpha value is -2.21. The van der Waals surface area contributed by atoms with Crippen LogP contribution in [-0.4, -0.2) is 34.2 Å². The van der Waals surface area contributed by atoms with Crippen LogP contribution in [0.15, 0.2) is 30.7 Å². The van der Waals surface area contributed by atoms with E-state index in [0.29, 0.717) is 13.1 Å². The predicted molar refractivity (Wildman–Crippen MR) is 72.2 cm³/mol. The van der Waals surface area contributed by atoms with E-state index in [1.54, 1.807) is 18.6 Å². The maximum Gasteiger partial charge on any atom is 0.216 e. The van der Waals surface area contributed by atoms with Gasteiger partial charge in [-0.05, 0) is 12.1 Å². The third-order valence-electron chi connectivity index (χ3n) is 2.66. The number of nitrogens with one attached hydrogen (secondary N) is 3. The van der Waals surface area contributed by atoms with Crippen LogP contribution in [0, 0.1) is 0 Å². The molecule has 0 radical (unpaired) electrons. The van der Waals surface area contributed by atoms with Gasteiger partial charge in [0.25, 0.3) is 0 Å². The van der Waals surface area contributed by atoms with Crippen LogP contribution in [0.5, 0.6) is 0 Å². The zero-order valence-corrected chi connectivity index (χ0v) is 10.8. The fraction of sp³-hybridized carbons (Fsp3) is 0.308. The van der Waals surface area contributed by atoms with Gasteiger partial charge < -0.3 is 10.6 Å². The average molecular weight is 259 g/mol. The van der Waals surface area contributed by atoms with Crippen LogP contribution in [0.1, 0.15) is 12.5 Å². The molecule has 0 saturated carbocycles. The molecule has 19 heavy (non-hydrogen) atoms. The zero-order chi connectivity index (χ0) is 13.5. The number of nitrogens with zero attached hydrogens (tertiary/aromatic N) is 2. The number of carbonyl (C=O) groups excluding carboxylic acids is 1. The van der Waals surface area contributed by atoms with E-state index in [4.69, 9.17) is 0 Å². The summed E-state index contributed by atoms with van der Waals surface area (Å²) in [5, 5.41) is 13.0. The minimum absolute atomic E-state index is 0.0128. The SMILES string of the molecule is CC(=O)NCCNCc1cn[nH]c1-c1cccnc1. The number of aromatic amines is 1. The topological polar surface area (TPSA) is 82.7 Å². The van der Waals surface area contributed by atoms with E-state index in [9.17, 15) is 4.79 Å². The van der Waals surface area contributed by atoms with Crippen molar-refractivity contribution >= 4 is 5.91 Å². The van der Waals surface area contributed by atoms with Crippen LogP contribution in [0.3, 0.4) is 0 Å². The molecule has 2 rings (SSSR count). The Kier molecular flexibility index (Phi) is 4.63. The molecular formula is C13H17N5O. The number of pyridine rings is 1. The first-order chi connectivity index (χ1) is 9.27. The van der Waals surface area contributed by atoms with Crippen LogP contribution in [0.2, 0.25) is 0 Å². The summed E-state index contributed by atoms with van der Waals surface area (Å²) >= 11 is 0. The summed E-state index contributed by atoms with van der Waals surface area (Å²) in [4.78, 5) is 14.8. The van der Waals surface area contributed by atoms with Crippen LogP contribution in [-0.2, 0) is 11.3 Å². The Balaban J connectivity index is 1.88. The van der Waals surface area contributed by atoms with E-state index in [1.165, 1.54) is 6.92 Å².